The Morgan fingerprint density at radius 3 is 2.67 bits per heavy atom. The van der Waals surface area contributed by atoms with Crippen LogP contribution < -0.4 is 9.47 Å². The highest BCUT2D eigenvalue weighted by Crippen LogP contribution is 2.26. The Morgan fingerprint density at radius 2 is 1.91 bits per heavy atom. The van der Waals surface area contributed by atoms with E-state index in [-0.39, 0.29) is 30.1 Å². The van der Waals surface area contributed by atoms with Gasteiger partial charge in [-0.3, -0.25) is 4.90 Å². The molecular weight excluding hydrogens is 641 g/mol. The molecule has 0 bridgehead atoms. The third-order valence-corrected chi connectivity index (χ3v) is 8.58. The maximum Gasteiger partial charge on any atom is 0.335 e. The van der Waals surface area contributed by atoms with E-state index in [2.05, 4.69) is 48.8 Å². The Morgan fingerprint density at radius 1 is 1.09 bits per heavy atom. The van der Waals surface area contributed by atoms with Gasteiger partial charge in [-0.2, -0.15) is 0 Å². The van der Waals surface area contributed by atoms with Gasteiger partial charge in [-0.25, -0.2) is 19.2 Å². The predicted octanol–water partition coefficient (Wildman–Crippen LogP) is 7.08. The maximum atomic E-state index is 14.1. The summed E-state index contributed by atoms with van der Waals surface area (Å²) in [5, 5.41) is 9.63. The molecule has 3 heterocycles. The quantitative estimate of drug-likeness (QED) is 0.160. The first-order valence-corrected chi connectivity index (χ1v) is 15.8. The van der Waals surface area contributed by atoms with Crippen LogP contribution in [0.2, 0.25) is 0 Å². The number of ether oxygens (including phenoxy) is 2. The molecule has 0 unspecified atom stereocenters. The van der Waals surface area contributed by atoms with Gasteiger partial charge in [0.15, 0.2) is 11.6 Å². The highest BCUT2D eigenvalue weighted by Gasteiger charge is 2.24. The van der Waals surface area contributed by atoms with Gasteiger partial charge < -0.3 is 23.7 Å². The molecule has 0 radical (unpaired) electrons. The summed E-state index contributed by atoms with van der Waals surface area (Å²) in [5.74, 6) is 0.489. The molecule has 234 valence electrons. The summed E-state index contributed by atoms with van der Waals surface area (Å²) in [7, 11) is 0. The minimum atomic E-state index is -0.961. The van der Waals surface area contributed by atoms with Crippen LogP contribution in [0.25, 0.3) is 11.0 Å². The fourth-order valence-electron chi connectivity index (χ4n) is 5.72. The highest BCUT2D eigenvalue weighted by molar-refractivity contribution is 9.10. The summed E-state index contributed by atoms with van der Waals surface area (Å²) in [6.07, 6.45) is 5.47. The monoisotopic (exact) mass is 675 g/mol. The fraction of sp³-hybridized carbons (Fsp3) is 0.324. The number of carboxylic acids is 1. The summed E-state index contributed by atoms with van der Waals surface area (Å²) in [6.45, 7) is 7.32. The van der Waals surface area contributed by atoms with Crippen molar-refractivity contribution >= 4 is 32.9 Å². The van der Waals surface area contributed by atoms with Crippen LogP contribution in [0.3, 0.4) is 0 Å². The lowest BCUT2D eigenvalue weighted by atomic mass is 10.1. The molecule has 1 aliphatic heterocycles. The molecule has 0 atom stereocenters. The highest BCUT2D eigenvalue weighted by atomic mass is 79.9. The van der Waals surface area contributed by atoms with Crippen molar-refractivity contribution in [3.63, 3.8) is 0 Å². The van der Waals surface area contributed by atoms with Crippen LogP contribution in [0, 0.1) is 5.82 Å². The lowest BCUT2D eigenvalue weighted by Gasteiger charge is -2.32. The zero-order valence-corrected chi connectivity index (χ0v) is 26.8. The van der Waals surface area contributed by atoms with Gasteiger partial charge >= 0.3 is 5.97 Å². The van der Waals surface area contributed by atoms with Crippen molar-refractivity contribution in [1.29, 1.82) is 0 Å². The smallest absolute Gasteiger partial charge is 0.335 e. The standard InChI is InChI=1S/C34H35BrFN5O4/c1-22(2)41-21-37-17-26(41)18-40-31-15-24(34(42)43)6-8-30(31)38-33(40)19-39-12-10-27(11-13-39)45-28-5-3-4-23(14-28)20-44-32-9-7-25(35)16-29(32)36/h3-9,14-17,21-22,27H,10-13,18-20H2,1-2H3,(H,42,43). The average molecular weight is 677 g/mol. The van der Waals surface area contributed by atoms with Gasteiger partial charge in [-0.15, -0.1) is 0 Å². The molecule has 5 aromatic rings. The van der Waals surface area contributed by atoms with E-state index in [1.807, 2.05) is 36.8 Å². The van der Waals surface area contributed by atoms with Crippen LogP contribution in [0.15, 0.2) is 77.7 Å². The summed E-state index contributed by atoms with van der Waals surface area (Å²) in [5.41, 5.74) is 3.74. The molecule has 11 heteroatoms. The van der Waals surface area contributed by atoms with E-state index in [0.29, 0.717) is 17.6 Å². The first kappa shape index (κ1) is 30.8. The van der Waals surface area contributed by atoms with Crippen LogP contribution in [0.4, 0.5) is 4.39 Å². The summed E-state index contributed by atoms with van der Waals surface area (Å²) >= 11 is 3.26. The lowest BCUT2D eigenvalue weighted by molar-refractivity contribution is 0.0697. The zero-order chi connectivity index (χ0) is 31.5. The van der Waals surface area contributed by atoms with Crippen molar-refractivity contribution in [2.45, 2.75) is 58.5 Å². The molecule has 1 aliphatic rings. The molecule has 0 spiro atoms. The average Bonchev–Trinajstić information content (AvgIpc) is 3.62. The van der Waals surface area contributed by atoms with Crippen LogP contribution >= 0.6 is 15.9 Å². The van der Waals surface area contributed by atoms with Crippen molar-refractivity contribution in [3.05, 3.63) is 106 Å². The third kappa shape index (κ3) is 7.20. The van der Waals surface area contributed by atoms with E-state index in [4.69, 9.17) is 14.5 Å². The maximum absolute atomic E-state index is 14.1. The Labute approximate surface area is 269 Å². The van der Waals surface area contributed by atoms with E-state index in [0.717, 1.165) is 59.8 Å². The van der Waals surface area contributed by atoms with Crippen molar-refractivity contribution in [1.82, 2.24) is 24.0 Å². The number of likely N-dealkylation sites (tertiary alicyclic amines) is 1. The number of carboxylic acid groups (broad SMARTS) is 1. The van der Waals surface area contributed by atoms with Gasteiger partial charge in [0.25, 0.3) is 0 Å². The summed E-state index contributed by atoms with van der Waals surface area (Å²) in [4.78, 5) is 23.4. The molecule has 3 aromatic carbocycles. The van der Waals surface area contributed by atoms with Gasteiger partial charge in [0.2, 0.25) is 0 Å². The van der Waals surface area contributed by atoms with E-state index in [1.54, 1.807) is 30.3 Å². The number of aromatic nitrogens is 4. The molecule has 0 aliphatic carbocycles. The lowest BCUT2D eigenvalue weighted by Crippen LogP contribution is -2.38. The van der Waals surface area contributed by atoms with E-state index < -0.39 is 11.8 Å². The molecule has 2 aromatic heterocycles. The predicted molar refractivity (Wildman–Crippen MR) is 172 cm³/mol. The van der Waals surface area contributed by atoms with Gasteiger partial charge in [-0.05, 0) is 80.8 Å². The van der Waals surface area contributed by atoms with Gasteiger partial charge in [-0.1, -0.05) is 28.1 Å². The SMILES string of the molecule is CC(C)n1cncc1Cn1c(CN2CCC(Oc3cccc(COc4ccc(Br)cc4F)c3)CC2)nc2ccc(C(=O)O)cc21. The second kappa shape index (κ2) is 13.4. The molecule has 1 N–H and O–H groups in total. The first-order valence-electron chi connectivity index (χ1n) is 15.0. The number of halogens is 2. The number of aromatic carboxylic acids is 1. The number of nitrogens with zero attached hydrogens (tertiary/aromatic N) is 5. The van der Waals surface area contributed by atoms with Crippen LogP contribution in [0.1, 0.15) is 60.2 Å². The number of fused-ring (bicyclic) bond motifs is 1. The molecule has 1 fully saturated rings. The minimum absolute atomic E-state index is 0.0682. The summed E-state index contributed by atoms with van der Waals surface area (Å²) in [6, 6.07) is 17.8. The third-order valence-electron chi connectivity index (χ3n) is 8.09. The van der Waals surface area contributed by atoms with Gasteiger partial charge in [0.1, 0.15) is 24.3 Å². The Hall–Kier alpha value is -4.22. The largest absolute Gasteiger partial charge is 0.490 e. The van der Waals surface area contributed by atoms with Crippen molar-refractivity contribution in [3.8, 4) is 11.5 Å². The number of benzene rings is 3. The fourth-order valence-corrected chi connectivity index (χ4v) is 6.06. The van der Waals surface area contributed by atoms with Crippen molar-refractivity contribution in [2.24, 2.45) is 0 Å². The zero-order valence-electron chi connectivity index (χ0n) is 25.2. The minimum Gasteiger partial charge on any atom is -0.490 e. The Bertz CT molecular complexity index is 1810. The molecule has 1 saturated heterocycles. The summed E-state index contributed by atoms with van der Waals surface area (Å²) < 4.78 is 31.1. The number of piperidine rings is 1. The van der Waals surface area contributed by atoms with Crippen LogP contribution in [-0.2, 0) is 19.7 Å². The number of imidazole rings is 2. The number of hydrogen-bond donors (Lipinski definition) is 1. The van der Waals surface area contributed by atoms with Crippen LogP contribution in [0.5, 0.6) is 11.5 Å². The van der Waals surface area contributed by atoms with E-state index >= 15 is 0 Å². The normalized spacial score (nSPS) is 14.3. The number of rotatable bonds is 11. The topological polar surface area (TPSA) is 94.6 Å². The van der Waals surface area contributed by atoms with E-state index in [1.165, 1.54) is 6.07 Å². The van der Waals surface area contributed by atoms with Crippen LogP contribution in [-0.4, -0.2) is 54.3 Å². The van der Waals surface area contributed by atoms with Gasteiger partial charge in [0.05, 0.1) is 41.7 Å². The molecule has 0 amide bonds. The van der Waals surface area contributed by atoms with Gasteiger partial charge in [0, 0.05) is 29.8 Å². The molecule has 9 nitrogen and oxygen atoms in total. The Kier molecular flexibility index (Phi) is 9.18. The molecule has 45 heavy (non-hydrogen) atoms. The second-order valence-corrected chi connectivity index (χ2v) is 12.5. The van der Waals surface area contributed by atoms with Crippen molar-refractivity contribution in [2.75, 3.05) is 13.1 Å². The molecule has 6 rings (SSSR count). The number of carbonyl (C=O) groups is 1. The molecule has 0 saturated carbocycles. The first-order chi connectivity index (χ1) is 21.7. The van der Waals surface area contributed by atoms with E-state index in [9.17, 15) is 14.3 Å². The molecular formula is C34H35BrFN5O4. The Balaban J connectivity index is 1.11. The number of hydrogen-bond acceptors (Lipinski definition) is 6. The second-order valence-electron chi connectivity index (χ2n) is 11.6. The van der Waals surface area contributed by atoms with Crippen molar-refractivity contribution < 1.29 is 23.8 Å².